The van der Waals surface area contributed by atoms with E-state index in [1.165, 1.54) is 0 Å². The molecule has 0 amide bonds. The Bertz CT molecular complexity index is 380. The molecule has 2 heterocycles. The van der Waals surface area contributed by atoms with Gasteiger partial charge in [-0.15, -0.1) is 0 Å². The highest BCUT2D eigenvalue weighted by molar-refractivity contribution is 4.93. The van der Waals surface area contributed by atoms with Crippen LogP contribution in [0, 0.1) is 0 Å². The monoisotopic (exact) mass is 342 g/mol. The second kappa shape index (κ2) is 7.63. The normalized spacial score (nSPS) is 51.7. The molecule has 0 bridgehead atoms. The fourth-order valence-corrected chi connectivity index (χ4v) is 2.56. The van der Waals surface area contributed by atoms with Crippen molar-refractivity contribution in [2.24, 2.45) is 0 Å². The Kier molecular flexibility index (Phi) is 6.27. The zero-order valence-corrected chi connectivity index (χ0v) is 12.0. The van der Waals surface area contributed by atoms with Crippen molar-refractivity contribution in [1.82, 2.24) is 0 Å². The Morgan fingerprint density at radius 3 is 1.78 bits per heavy atom. The molecule has 0 saturated carbocycles. The van der Waals surface area contributed by atoms with E-state index in [0.29, 0.717) is 0 Å². The molecule has 136 valence electrons. The van der Waals surface area contributed by atoms with E-state index in [4.69, 9.17) is 24.4 Å². The minimum Gasteiger partial charge on any atom is -0.394 e. The highest BCUT2D eigenvalue weighted by Gasteiger charge is 2.50. The number of hydrogen-bond donors (Lipinski definition) is 8. The number of rotatable bonds is 4. The van der Waals surface area contributed by atoms with Crippen LogP contribution in [-0.4, -0.2) is 115 Å². The molecule has 10 atom stereocenters. The Balaban J connectivity index is 2.11. The molecule has 11 heteroatoms. The minimum atomic E-state index is -1.76. The quantitative estimate of drug-likeness (QED) is 0.243. The summed E-state index contributed by atoms with van der Waals surface area (Å²) in [7, 11) is 0. The molecule has 2 fully saturated rings. The van der Waals surface area contributed by atoms with Crippen LogP contribution >= 0.6 is 0 Å². The molecule has 8 N–H and O–H groups in total. The van der Waals surface area contributed by atoms with Gasteiger partial charge in [0.2, 0.25) is 0 Å². The first-order valence-electron chi connectivity index (χ1n) is 7.08. The zero-order chi connectivity index (χ0) is 17.3. The van der Waals surface area contributed by atoms with E-state index in [-0.39, 0.29) is 0 Å². The van der Waals surface area contributed by atoms with Crippen LogP contribution in [0.4, 0.5) is 0 Å². The van der Waals surface area contributed by atoms with Gasteiger partial charge >= 0.3 is 0 Å². The topological polar surface area (TPSA) is 190 Å². The Morgan fingerprint density at radius 1 is 0.652 bits per heavy atom. The van der Waals surface area contributed by atoms with Crippen LogP contribution in [0.15, 0.2) is 0 Å². The van der Waals surface area contributed by atoms with E-state index in [1.807, 2.05) is 0 Å². The van der Waals surface area contributed by atoms with Crippen LogP contribution in [0.5, 0.6) is 0 Å². The lowest BCUT2D eigenvalue weighted by Gasteiger charge is -2.45. The van der Waals surface area contributed by atoms with Gasteiger partial charge in [-0.25, -0.2) is 0 Å². The summed E-state index contributed by atoms with van der Waals surface area (Å²) in [6.45, 7) is -1.34. The van der Waals surface area contributed by atoms with Crippen molar-refractivity contribution in [3.63, 3.8) is 0 Å². The van der Waals surface area contributed by atoms with Crippen LogP contribution in [0.2, 0.25) is 0 Å². The molecule has 2 aliphatic rings. The third-order valence-electron chi connectivity index (χ3n) is 3.98. The molecule has 0 aromatic carbocycles. The summed E-state index contributed by atoms with van der Waals surface area (Å²) in [5.41, 5.74) is 0. The Hall–Kier alpha value is -0.440. The first kappa shape index (κ1) is 18.9. The van der Waals surface area contributed by atoms with Crippen LogP contribution in [0.3, 0.4) is 0 Å². The number of hydrogen-bond acceptors (Lipinski definition) is 11. The highest BCUT2D eigenvalue weighted by Crippen LogP contribution is 2.28. The predicted octanol–water partition coefficient (Wildman–Crippen LogP) is -5.40. The van der Waals surface area contributed by atoms with Crippen LogP contribution in [-0.2, 0) is 14.2 Å². The molecule has 0 spiro atoms. The van der Waals surface area contributed by atoms with Gasteiger partial charge in [0, 0.05) is 0 Å². The van der Waals surface area contributed by atoms with Crippen LogP contribution in [0.1, 0.15) is 0 Å². The fourth-order valence-electron chi connectivity index (χ4n) is 2.56. The molecule has 11 nitrogen and oxygen atoms in total. The molecule has 2 rings (SSSR count). The van der Waals surface area contributed by atoms with Gasteiger partial charge in [-0.3, -0.25) is 0 Å². The van der Waals surface area contributed by atoms with Gasteiger partial charge in [-0.05, 0) is 0 Å². The lowest BCUT2D eigenvalue weighted by molar-refractivity contribution is -0.355. The van der Waals surface area contributed by atoms with Gasteiger partial charge < -0.3 is 55.1 Å². The van der Waals surface area contributed by atoms with Crippen molar-refractivity contribution in [2.75, 3.05) is 13.2 Å². The molecule has 6 unspecified atom stereocenters. The molecule has 0 aromatic rings. The number of ether oxygens (including phenoxy) is 3. The third-order valence-corrected chi connectivity index (χ3v) is 3.98. The van der Waals surface area contributed by atoms with Gasteiger partial charge in [0.25, 0.3) is 0 Å². The maximum atomic E-state index is 10.00. The van der Waals surface area contributed by atoms with Gasteiger partial charge in [-0.2, -0.15) is 0 Å². The van der Waals surface area contributed by atoms with Crippen LogP contribution in [0.25, 0.3) is 0 Å². The Morgan fingerprint density at radius 2 is 1.22 bits per heavy atom. The first-order chi connectivity index (χ1) is 10.8. The van der Waals surface area contributed by atoms with Gasteiger partial charge in [0.05, 0.1) is 13.2 Å². The predicted molar refractivity (Wildman–Crippen MR) is 68.6 cm³/mol. The van der Waals surface area contributed by atoms with Crippen molar-refractivity contribution >= 4 is 0 Å². The van der Waals surface area contributed by atoms with E-state index >= 15 is 0 Å². The summed E-state index contributed by atoms with van der Waals surface area (Å²) in [6, 6.07) is 0. The number of aliphatic hydroxyl groups excluding tert-OH is 8. The van der Waals surface area contributed by atoms with E-state index in [0.717, 1.165) is 0 Å². The molecule has 2 aliphatic heterocycles. The molecular formula is C12H22O11. The standard InChI is InChI=1S/C12H22O11/c13-1-3-5(15)7(17)8(18)12(22-3)23-10-6(16)4(2-14)21-11(20)9(10)19/h3-20H,1-2H2/t3?,4?,5-,6-,7?,8?,9?,10?,11+,12-/m1/s1. The van der Waals surface area contributed by atoms with Crippen molar-refractivity contribution in [3.8, 4) is 0 Å². The molecule has 0 radical (unpaired) electrons. The summed E-state index contributed by atoms with van der Waals surface area (Å²) >= 11 is 0. The zero-order valence-electron chi connectivity index (χ0n) is 12.0. The molecule has 0 aromatic heterocycles. The lowest BCUT2D eigenvalue weighted by atomic mass is 9.97. The lowest BCUT2D eigenvalue weighted by Crippen LogP contribution is -2.64. The van der Waals surface area contributed by atoms with E-state index in [2.05, 4.69) is 0 Å². The summed E-state index contributed by atoms with van der Waals surface area (Å²) in [6.07, 6.45) is -15.7. The Labute approximate surface area is 130 Å². The maximum absolute atomic E-state index is 10.00. The third kappa shape index (κ3) is 3.65. The molecule has 0 aliphatic carbocycles. The van der Waals surface area contributed by atoms with Crippen molar-refractivity contribution in [2.45, 2.75) is 61.4 Å². The van der Waals surface area contributed by atoms with Crippen molar-refractivity contribution in [3.05, 3.63) is 0 Å². The summed E-state index contributed by atoms with van der Waals surface area (Å²) < 4.78 is 15.1. The van der Waals surface area contributed by atoms with Crippen molar-refractivity contribution < 1.29 is 55.1 Å². The second-order valence-electron chi connectivity index (χ2n) is 5.53. The highest BCUT2D eigenvalue weighted by atomic mass is 16.7. The van der Waals surface area contributed by atoms with E-state index in [1.54, 1.807) is 0 Å². The summed E-state index contributed by atoms with van der Waals surface area (Å²) in [4.78, 5) is 0. The second-order valence-corrected chi connectivity index (χ2v) is 5.53. The van der Waals surface area contributed by atoms with E-state index < -0.39 is 74.6 Å². The van der Waals surface area contributed by atoms with Gasteiger partial charge in [0.1, 0.15) is 48.8 Å². The van der Waals surface area contributed by atoms with Gasteiger partial charge in [0.15, 0.2) is 12.6 Å². The molecular weight excluding hydrogens is 320 g/mol. The smallest absolute Gasteiger partial charge is 0.187 e. The van der Waals surface area contributed by atoms with E-state index in [9.17, 15) is 30.6 Å². The minimum absolute atomic E-state index is 0.667. The number of aliphatic hydroxyl groups is 8. The maximum Gasteiger partial charge on any atom is 0.187 e. The fraction of sp³-hybridized carbons (Fsp3) is 1.00. The van der Waals surface area contributed by atoms with Crippen LogP contribution < -0.4 is 0 Å². The molecule has 2 saturated heterocycles. The van der Waals surface area contributed by atoms with Gasteiger partial charge in [-0.1, -0.05) is 0 Å². The average molecular weight is 342 g/mol. The molecule has 23 heavy (non-hydrogen) atoms. The largest absolute Gasteiger partial charge is 0.394 e. The van der Waals surface area contributed by atoms with Crippen molar-refractivity contribution in [1.29, 1.82) is 0 Å². The average Bonchev–Trinajstić information content (AvgIpc) is 2.54. The SMILES string of the molecule is OCC1O[C@H](OC2C(O)[C@@H](O)OC(CO)[C@H]2O)C(O)C(O)[C@@H]1O. The summed E-state index contributed by atoms with van der Waals surface area (Å²) in [5, 5.41) is 76.8. The first-order valence-corrected chi connectivity index (χ1v) is 7.08. The summed E-state index contributed by atoms with van der Waals surface area (Å²) in [5.74, 6) is 0.